The second kappa shape index (κ2) is 4.26. The van der Waals surface area contributed by atoms with Crippen molar-refractivity contribution in [3.8, 4) is 0 Å². The molecule has 17 heavy (non-hydrogen) atoms. The van der Waals surface area contributed by atoms with Crippen LogP contribution in [0, 0.1) is 12.8 Å². The molecule has 1 aliphatic carbocycles. The van der Waals surface area contributed by atoms with E-state index in [1.807, 2.05) is 31.2 Å². The monoisotopic (exact) mass is 252 g/mol. The molecule has 3 nitrogen and oxygen atoms in total. The van der Waals surface area contributed by atoms with Crippen LogP contribution in [0.3, 0.4) is 0 Å². The highest BCUT2D eigenvalue weighted by Gasteiger charge is 2.57. The van der Waals surface area contributed by atoms with Crippen LogP contribution in [0.25, 0.3) is 0 Å². The zero-order chi connectivity index (χ0) is 12.6. The number of aldehydes is 1. The largest absolute Gasteiger partial charge is 0.303 e. The third-order valence-corrected chi connectivity index (χ3v) is 5.69. The molecule has 0 amide bonds. The maximum absolute atomic E-state index is 11.8. The summed E-state index contributed by atoms with van der Waals surface area (Å²) in [6, 6.07) is 7.74. The molecule has 0 heterocycles. The fourth-order valence-electron chi connectivity index (χ4n) is 2.32. The van der Waals surface area contributed by atoms with Gasteiger partial charge in [-0.25, -0.2) is 8.42 Å². The van der Waals surface area contributed by atoms with Crippen molar-refractivity contribution in [2.75, 3.05) is 5.75 Å². The Kier molecular flexibility index (Phi) is 3.08. The van der Waals surface area contributed by atoms with Crippen molar-refractivity contribution >= 4 is 16.1 Å². The fourth-order valence-corrected chi connectivity index (χ4v) is 4.11. The van der Waals surface area contributed by atoms with Gasteiger partial charge in [-0.1, -0.05) is 36.8 Å². The SMILES string of the molecule is CCS(=O)(=O)[C@@H]1[C@H](C=O)[C@H]1c1ccc(C)cc1. The lowest BCUT2D eigenvalue weighted by molar-refractivity contribution is -0.108. The second-order valence-electron chi connectivity index (χ2n) is 4.57. The van der Waals surface area contributed by atoms with Gasteiger partial charge >= 0.3 is 0 Å². The van der Waals surface area contributed by atoms with Crippen molar-refractivity contribution in [2.24, 2.45) is 5.92 Å². The van der Waals surface area contributed by atoms with E-state index in [0.717, 1.165) is 17.4 Å². The molecule has 2 rings (SSSR count). The molecule has 92 valence electrons. The van der Waals surface area contributed by atoms with Crippen LogP contribution in [0.15, 0.2) is 24.3 Å². The van der Waals surface area contributed by atoms with Gasteiger partial charge in [0.15, 0.2) is 9.84 Å². The summed E-state index contributed by atoms with van der Waals surface area (Å²) in [6.07, 6.45) is 0.780. The van der Waals surface area contributed by atoms with Crippen LogP contribution in [0.1, 0.15) is 24.0 Å². The maximum atomic E-state index is 11.8. The fraction of sp³-hybridized carbons (Fsp3) is 0.462. The lowest BCUT2D eigenvalue weighted by Gasteiger charge is -2.01. The van der Waals surface area contributed by atoms with Crippen LogP contribution in [-0.2, 0) is 14.6 Å². The van der Waals surface area contributed by atoms with Crippen molar-refractivity contribution in [1.29, 1.82) is 0 Å². The first-order valence-corrected chi connectivity index (χ1v) is 7.46. The summed E-state index contributed by atoms with van der Waals surface area (Å²) in [7, 11) is -3.12. The van der Waals surface area contributed by atoms with Crippen molar-refractivity contribution in [1.82, 2.24) is 0 Å². The minimum absolute atomic E-state index is 0.102. The summed E-state index contributed by atoms with van der Waals surface area (Å²) in [4.78, 5) is 10.9. The first kappa shape index (κ1) is 12.3. The van der Waals surface area contributed by atoms with Gasteiger partial charge in [0.05, 0.1) is 5.25 Å². The molecule has 1 fully saturated rings. The third-order valence-electron chi connectivity index (χ3n) is 3.44. The smallest absolute Gasteiger partial charge is 0.154 e. The lowest BCUT2D eigenvalue weighted by Crippen LogP contribution is -2.12. The van der Waals surface area contributed by atoms with Crippen LogP contribution < -0.4 is 0 Å². The van der Waals surface area contributed by atoms with Crippen LogP contribution in [-0.4, -0.2) is 25.7 Å². The van der Waals surface area contributed by atoms with Gasteiger partial charge in [-0.15, -0.1) is 0 Å². The Hall–Kier alpha value is -1.16. The first-order valence-electron chi connectivity index (χ1n) is 5.74. The molecule has 1 aromatic carbocycles. The molecular formula is C13H16O3S. The zero-order valence-electron chi connectivity index (χ0n) is 9.96. The maximum Gasteiger partial charge on any atom is 0.154 e. The summed E-state index contributed by atoms with van der Waals surface area (Å²) in [5.74, 6) is -0.398. The number of hydrogen-bond acceptors (Lipinski definition) is 3. The Morgan fingerprint density at radius 3 is 2.29 bits per heavy atom. The third kappa shape index (κ3) is 2.14. The van der Waals surface area contributed by atoms with E-state index in [1.54, 1.807) is 6.92 Å². The summed E-state index contributed by atoms with van der Waals surface area (Å²) < 4.78 is 23.6. The molecule has 0 bridgehead atoms. The molecule has 1 aliphatic rings. The number of hydrogen-bond donors (Lipinski definition) is 0. The van der Waals surface area contributed by atoms with Crippen LogP contribution in [0.4, 0.5) is 0 Å². The van der Waals surface area contributed by atoms with Crippen LogP contribution >= 0.6 is 0 Å². The van der Waals surface area contributed by atoms with Crippen molar-refractivity contribution in [2.45, 2.75) is 25.0 Å². The number of aryl methyl sites for hydroxylation is 1. The van der Waals surface area contributed by atoms with Crippen molar-refractivity contribution < 1.29 is 13.2 Å². The molecule has 0 spiro atoms. The van der Waals surface area contributed by atoms with E-state index >= 15 is 0 Å². The molecule has 0 N–H and O–H groups in total. The number of carbonyl (C=O) groups excluding carboxylic acids is 1. The molecule has 0 radical (unpaired) electrons. The molecule has 0 unspecified atom stereocenters. The Bertz CT molecular complexity index is 516. The van der Waals surface area contributed by atoms with Gasteiger partial charge in [-0.05, 0) is 12.5 Å². The van der Waals surface area contributed by atoms with Gasteiger partial charge in [0.2, 0.25) is 0 Å². The summed E-state index contributed by atoms with van der Waals surface area (Å²) >= 11 is 0. The minimum Gasteiger partial charge on any atom is -0.303 e. The number of carbonyl (C=O) groups is 1. The van der Waals surface area contributed by atoms with Gasteiger partial charge < -0.3 is 4.79 Å². The van der Waals surface area contributed by atoms with Crippen LogP contribution in [0.2, 0.25) is 0 Å². The molecule has 1 saturated carbocycles. The van der Waals surface area contributed by atoms with Crippen molar-refractivity contribution in [3.05, 3.63) is 35.4 Å². The van der Waals surface area contributed by atoms with Gasteiger partial charge in [0.1, 0.15) is 6.29 Å². The number of benzene rings is 1. The Morgan fingerprint density at radius 2 is 1.82 bits per heavy atom. The topological polar surface area (TPSA) is 51.2 Å². The van der Waals surface area contributed by atoms with E-state index in [2.05, 4.69) is 0 Å². The minimum atomic E-state index is -3.12. The molecule has 0 saturated heterocycles. The summed E-state index contributed by atoms with van der Waals surface area (Å²) in [6.45, 7) is 3.61. The number of rotatable bonds is 4. The van der Waals surface area contributed by atoms with Crippen molar-refractivity contribution in [3.63, 3.8) is 0 Å². The van der Waals surface area contributed by atoms with E-state index < -0.39 is 15.1 Å². The molecule has 4 heteroatoms. The van der Waals surface area contributed by atoms with E-state index in [9.17, 15) is 13.2 Å². The van der Waals surface area contributed by atoms with Gasteiger partial charge in [0.25, 0.3) is 0 Å². The molecular weight excluding hydrogens is 236 g/mol. The van der Waals surface area contributed by atoms with Gasteiger partial charge in [-0.3, -0.25) is 0 Å². The first-order chi connectivity index (χ1) is 8.01. The quantitative estimate of drug-likeness (QED) is 0.767. The Balaban J connectivity index is 2.29. The standard InChI is InChI=1S/C13H16O3S/c1-3-17(15,16)13-11(8-14)12(13)10-6-4-9(2)5-7-10/h4-8,11-13H,3H2,1-2H3/t11-,12-,13-/m1/s1. The van der Waals surface area contributed by atoms with E-state index in [0.29, 0.717) is 0 Å². The van der Waals surface area contributed by atoms with E-state index in [-0.39, 0.29) is 17.6 Å². The molecule has 1 aromatic rings. The lowest BCUT2D eigenvalue weighted by atomic mass is 10.1. The average Bonchev–Trinajstić information content (AvgIpc) is 3.05. The normalized spacial score (nSPS) is 27.8. The predicted octanol–water partition coefficient (Wildman–Crippen LogP) is 1.71. The second-order valence-corrected chi connectivity index (χ2v) is 7.01. The van der Waals surface area contributed by atoms with Gasteiger partial charge in [0, 0.05) is 17.6 Å². The summed E-state index contributed by atoms with van der Waals surface area (Å²) in [5.41, 5.74) is 2.08. The average molecular weight is 252 g/mol. The molecule has 0 aromatic heterocycles. The highest BCUT2D eigenvalue weighted by atomic mass is 32.2. The van der Waals surface area contributed by atoms with Gasteiger partial charge in [-0.2, -0.15) is 0 Å². The van der Waals surface area contributed by atoms with E-state index in [4.69, 9.17) is 0 Å². The predicted molar refractivity (Wildman–Crippen MR) is 66.7 cm³/mol. The highest BCUT2D eigenvalue weighted by Crippen LogP contribution is 2.51. The number of sulfone groups is 1. The molecule has 3 atom stereocenters. The molecule has 0 aliphatic heterocycles. The summed E-state index contributed by atoms with van der Waals surface area (Å²) in [5, 5.41) is -0.507. The van der Waals surface area contributed by atoms with E-state index in [1.165, 1.54) is 0 Å². The Labute approximate surface area is 102 Å². The Morgan fingerprint density at radius 1 is 1.24 bits per heavy atom. The highest BCUT2D eigenvalue weighted by molar-refractivity contribution is 7.92. The van der Waals surface area contributed by atoms with Crippen LogP contribution in [0.5, 0.6) is 0 Å². The zero-order valence-corrected chi connectivity index (χ0v) is 10.8.